The van der Waals surface area contributed by atoms with Crippen LogP contribution in [0.25, 0.3) is 0 Å². The second-order valence-electron chi connectivity index (χ2n) is 3.60. The summed E-state index contributed by atoms with van der Waals surface area (Å²) in [4.78, 5) is 11.2. The molecule has 12 heavy (non-hydrogen) atoms. The van der Waals surface area contributed by atoms with Crippen molar-refractivity contribution in [2.24, 2.45) is 0 Å². The molecule has 0 aliphatic rings. The van der Waals surface area contributed by atoms with E-state index < -0.39 is 0 Å². The normalized spacial score (nSPS) is 11.7. The van der Waals surface area contributed by atoms with Crippen LogP contribution in [0.2, 0.25) is 0 Å². The van der Waals surface area contributed by atoms with Gasteiger partial charge in [-0.1, -0.05) is 6.92 Å². The first-order valence-corrected chi connectivity index (χ1v) is 6.21. The van der Waals surface area contributed by atoms with Crippen molar-refractivity contribution in [3.8, 4) is 0 Å². The average Bonchev–Trinajstić information content (AvgIpc) is 1.98. The molecule has 0 unspecified atom stereocenters. The molecule has 0 radical (unpaired) electrons. The number of rotatable bonds is 5. The Kier molecular flexibility index (Phi) is 5.64. The molecule has 0 saturated heterocycles. The highest BCUT2D eigenvalue weighted by atomic mass is 32.2. The van der Waals surface area contributed by atoms with E-state index in [9.17, 15) is 4.79 Å². The van der Waals surface area contributed by atoms with Crippen molar-refractivity contribution in [1.29, 1.82) is 0 Å². The summed E-state index contributed by atoms with van der Waals surface area (Å²) >= 11 is 0. The van der Waals surface area contributed by atoms with Gasteiger partial charge in [0.15, 0.2) is 11.5 Å². The van der Waals surface area contributed by atoms with Gasteiger partial charge in [0.2, 0.25) is 0 Å². The molecule has 0 aromatic heterocycles. The Morgan fingerprint density at radius 2 is 1.58 bits per heavy atom. The second kappa shape index (κ2) is 5.63. The summed E-state index contributed by atoms with van der Waals surface area (Å²) < 4.78 is 0. The standard InChI is InChI=1S/C10H21OS/c1-6-10(11)7-12(8(2)3)9(4)5/h8-9H,6-7H2,1-5H3/q+1. The van der Waals surface area contributed by atoms with Gasteiger partial charge in [0.05, 0.1) is 0 Å². The SMILES string of the molecule is CCC(=O)C[S+](C(C)C)C(C)C. The molecule has 0 aromatic rings. The summed E-state index contributed by atoms with van der Waals surface area (Å²) in [5, 5.41) is 1.31. The topological polar surface area (TPSA) is 17.1 Å². The molecule has 0 N–H and O–H groups in total. The van der Waals surface area contributed by atoms with Crippen LogP contribution in [0.5, 0.6) is 0 Å². The number of carbonyl (C=O) groups is 1. The van der Waals surface area contributed by atoms with Crippen LogP contribution in [0.1, 0.15) is 41.0 Å². The molecule has 0 amide bonds. The molecule has 72 valence electrons. The van der Waals surface area contributed by atoms with Gasteiger partial charge in [-0.25, -0.2) is 0 Å². The number of carbonyl (C=O) groups excluding carboxylic acids is 1. The van der Waals surface area contributed by atoms with Gasteiger partial charge in [-0.2, -0.15) is 0 Å². The van der Waals surface area contributed by atoms with Crippen LogP contribution in [0.4, 0.5) is 0 Å². The predicted molar refractivity (Wildman–Crippen MR) is 57.8 cm³/mol. The van der Waals surface area contributed by atoms with Gasteiger partial charge in [-0.05, 0) is 38.6 Å². The third-order valence-corrected chi connectivity index (χ3v) is 5.01. The fourth-order valence-corrected chi connectivity index (χ4v) is 3.50. The van der Waals surface area contributed by atoms with E-state index >= 15 is 0 Å². The highest BCUT2D eigenvalue weighted by Gasteiger charge is 2.28. The lowest BCUT2D eigenvalue weighted by Gasteiger charge is -2.14. The summed E-state index contributed by atoms with van der Waals surface area (Å²) in [7, 11) is 0.293. The molecule has 0 rings (SSSR count). The van der Waals surface area contributed by atoms with Crippen LogP contribution in [0, 0.1) is 0 Å². The first-order chi connectivity index (χ1) is 5.49. The number of ketones is 1. The van der Waals surface area contributed by atoms with Gasteiger partial charge < -0.3 is 0 Å². The molecule has 0 saturated carbocycles. The fourth-order valence-electron chi connectivity index (χ4n) is 1.17. The van der Waals surface area contributed by atoms with Crippen LogP contribution < -0.4 is 0 Å². The summed E-state index contributed by atoms with van der Waals surface area (Å²) in [6.07, 6.45) is 0.697. The van der Waals surface area contributed by atoms with E-state index in [0.717, 1.165) is 5.75 Å². The van der Waals surface area contributed by atoms with Gasteiger partial charge in [0.1, 0.15) is 10.5 Å². The Hall–Kier alpha value is 0.0200. The van der Waals surface area contributed by atoms with Crippen molar-refractivity contribution in [3.05, 3.63) is 0 Å². The van der Waals surface area contributed by atoms with Crippen LogP contribution in [-0.2, 0) is 15.7 Å². The van der Waals surface area contributed by atoms with Crippen molar-refractivity contribution in [2.45, 2.75) is 51.5 Å². The molecular weight excluding hydrogens is 168 g/mol. The monoisotopic (exact) mass is 189 g/mol. The average molecular weight is 189 g/mol. The molecule has 0 aromatic carbocycles. The van der Waals surface area contributed by atoms with Crippen LogP contribution in [-0.4, -0.2) is 22.0 Å². The second-order valence-corrected chi connectivity index (χ2v) is 6.72. The van der Waals surface area contributed by atoms with Crippen molar-refractivity contribution >= 4 is 16.7 Å². The Morgan fingerprint density at radius 3 is 1.83 bits per heavy atom. The quantitative estimate of drug-likeness (QED) is 0.607. The van der Waals surface area contributed by atoms with E-state index in [0.29, 0.717) is 33.6 Å². The lowest BCUT2D eigenvalue weighted by molar-refractivity contribution is -0.116. The van der Waals surface area contributed by atoms with Crippen LogP contribution in [0.3, 0.4) is 0 Å². The van der Waals surface area contributed by atoms with Gasteiger partial charge in [-0.3, -0.25) is 4.79 Å². The van der Waals surface area contributed by atoms with E-state index in [-0.39, 0.29) is 0 Å². The largest absolute Gasteiger partial charge is 0.294 e. The van der Waals surface area contributed by atoms with Gasteiger partial charge >= 0.3 is 0 Å². The summed E-state index contributed by atoms with van der Waals surface area (Å²) in [6, 6.07) is 0. The summed E-state index contributed by atoms with van der Waals surface area (Å²) in [6.45, 7) is 10.8. The minimum atomic E-state index is 0.293. The Balaban J connectivity index is 4.05. The first-order valence-electron chi connectivity index (χ1n) is 4.69. The van der Waals surface area contributed by atoms with Crippen LogP contribution in [0.15, 0.2) is 0 Å². The predicted octanol–water partition coefficient (Wildman–Crippen LogP) is 2.40. The van der Waals surface area contributed by atoms with Crippen LogP contribution >= 0.6 is 0 Å². The zero-order valence-electron chi connectivity index (χ0n) is 8.89. The van der Waals surface area contributed by atoms with Gasteiger partial charge in [0, 0.05) is 6.42 Å². The Labute approximate surface area is 79.3 Å². The van der Waals surface area contributed by atoms with Crippen molar-refractivity contribution in [3.63, 3.8) is 0 Å². The van der Waals surface area contributed by atoms with Crippen molar-refractivity contribution in [1.82, 2.24) is 0 Å². The van der Waals surface area contributed by atoms with E-state index in [1.807, 2.05) is 6.92 Å². The lowest BCUT2D eigenvalue weighted by atomic mass is 10.4. The molecule has 0 fully saturated rings. The zero-order chi connectivity index (χ0) is 9.72. The molecule has 0 atom stereocenters. The highest BCUT2D eigenvalue weighted by Crippen LogP contribution is 2.13. The van der Waals surface area contributed by atoms with Crippen molar-refractivity contribution in [2.75, 3.05) is 5.75 Å². The van der Waals surface area contributed by atoms with E-state index in [1.54, 1.807) is 0 Å². The molecule has 0 spiro atoms. The molecule has 0 aliphatic carbocycles. The van der Waals surface area contributed by atoms with Gasteiger partial charge in [-0.15, -0.1) is 0 Å². The Bertz CT molecular complexity index is 133. The van der Waals surface area contributed by atoms with Crippen molar-refractivity contribution < 1.29 is 4.79 Å². The fraction of sp³-hybridized carbons (Fsp3) is 0.900. The number of hydrogen-bond donors (Lipinski definition) is 0. The maximum Gasteiger partial charge on any atom is 0.181 e. The third kappa shape index (κ3) is 4.15. The number of hydrogen-bond acceptors (Lipinski definition) is 1. The Morgan fingerprint density at radius 1 is 1.17 bits per heavy atom. The smallest absolute Gasteiger partial charge is 0.181 e. The molecule has 0 heterocycles. The molecular formula is C10H21OS+. The van der Waals surface area contributed by atoms with E-state index in [1.165, 1.54) is 0 Å². The zero-order valence-corrected chi connectivity index (χ0v) is 9.70. The minimum Gasteiger partial charge on any atom is -0.294 e. The maximum atomic E-state index is 11.2. The van der Waals surface area contributed by atoms with E-state index in [2.05, 4.69) is 27.7 Å². The highest BCUT2D eigenvalue weighted by molar-refractivity contribution is 7.98. The lowest BCUT2D eigenvalue weighted by Crippen LogP contribution is -2.31. The third-order valence-electron chi connectivity index (χ3n) is 1.93. The molecule has 2 heteroatoms. The molecule has 0 bridgehead atoms. The number of Topliss-reactive ketones (excluding diaryl/α,β-unsaturated/α-hetero) is 1. The van der Waals surface area contributed by atoms with E-state index in [4.69, 9.17) is 0 Å². The first kappa shape index (κ1) is 12.0. The summed E-state index contributed by atoms with van der Waals surface area (Å²) in [5.41, 5.74) is 0. The maximum absolute atomic E-state index is 11.2. The van der Waals surface area contributed by atoms with Gasteiger partial charge in [0.25, 0.3) is 0 Å². The summed E-state index contributed by atoms with van der Waals surface area (Å²) in [5.74, 6) is 1.21. The minimum absolute atomic E-state index is 0.293. The molecule has 1 nitrogen and oxygen atoms in total. The molecule has 0 aliphatic heterocycles.